The van der Waals surface area contributed by atoms with Gasteiger partial charge in [-0.25, -0.2) is 4.39 Å². The molecule has 0 radical (unpaired) electrons. The lowest BCUT2D eigenvalue weighted by molar-refractivity contribution is -0.119. The summed E-state index contributed by atoms with van der Waals surface area (Å²) < 4.78 is 23.6. The largest absolute Gasteiger partial charge is 0.493 e. The first-order chi connectivity index (χ1) is 15.0. The van der Waals surface area contributed by atoms with Gasteiger partial charge in [0, 0.05) is 17.8 Å². The normalized spacial score (nSPS) is 10.3. The second kappa shape index (κ2) is 10.2. The Morgan fingerprint density at radius 1 is 0.903 bits per heavy atom. The molecule has 0 bridgehead atoms. The predicted octanol–water partition coefficient (Wildman–Crippen LogP) is 3.81. The average Bonchev–Trinajstić information content (AvgIpc) is 2.81. The molecule has 1 N–H and O–H groups in total. The maximum Gasteiger partial charge on any atom is 0.258 e. The maximum absolute atomic E-state index is 13.3. The third kappa shape index (κ3) is 5.60. The Morgan fingerprint density at radius 2 is 1.58 bits per heavy atom. The fourth-order valence-corrected chi connectivity index (χ4v) is 3.02. The first-order valence-electron chi connectivity index (χ1n) is 9.62. The summed E-state index contributed by atoms with van der Waals surface area (Å²) >= 11 is 0. The van der Waals surface area contributed by atoms with E-state index in [1.165, 1.54) is 31.3 Å². The minimum absolute atomic E-state index is 0.182. The van der Waals surface area contributed by atoms with Gasteiger partial charge in [-0.1, -0.05) is 30.3 Å². The van der Waals surface area contributed by atoms with Crippen molar-refractivity contribution in [2.24, 2.45) is 0 Å². The van der Waals surface area contributed by atoms with Crippen LogP contribution in [-0.4, -0.2) is 32.6 Å². The van der Waals surface area contributed by atoms with Gasteiger partial charge in [0.1, 0.15) is 12.4 Å². The number of anilines is 1. The first-order valence-corrected chi connectivity index (χ1v) is 9.62. The highest BCUT2D eigenvalue weighted by molar-refractivity contribution is 6.09. The minimum Gasteiger partial charge on any atom is -0.493 e. The van der Waals surface area contributed by atoms with Crippen LogP contribution in [0.15, 0.2) is 72.8 Å². The van der Waals surface area contributed by atoms with Crippen LogP contribution in [0.4, 0.5) is 10.1 Å². The number of rotatable bonds is 8. The highest BCUT2D eigenvalue weighted by Crippen LogP contribution is 2.28. The van der Waals surface area contributed by atoms with E-state index in [0.29, 0.717) is 22.7 Å². The van der Waals surface area contributed by atoms with E-state index in [4.69, 9.17) is 9.47 Å². The van der Waals surface area contributed by atoms with Crippen LogP contribution in [0.3, 0.4) is 0 Å². The van der Waals surface area contributed by atoms with Crippen molar-refractivity contribution in [2.45, 2.75) is 6.54 Å². The molecule has 3 aromatic rings. The molecule has 6 nitrogen and oxygen atoms in total. The molecular formula is C24H23FN2O4. The van der Waals surface area contributed by atoms with Crippen molar-refractivity contribution in [3.63, 3.8) is 0 Å². The molecule has 0 fully saturated rings. The second-order valence-electron chi connectivity index (χ2n) is 6.70. The number of hydrogen-bond donors (Lipinski definition) is 1. The number of nitrogens with one attached hydrogen (secondary N) is 1. The summed E-state index contributed by atoms with van der Waals surface area (Å²) in [5, 5.41) is 2.77. The number of benzene rings is 3. The summed E-state index contributed by atoms with van der Waals surface area (Å²) in [7, 11) is 3.01. The monoisotopic (exact) mass is 422 g/mol. The second-order valence-corrected chi connectivity index (χ2v) is 6.70. The molecule has 31 heavy (non-hydrogen) atoms. The van der Waals surface area contributed by atoms with Crippen molar-refractivity contribution >= 4 is 17.5 Å². The fraction of sp³-hybridized carbons (Fsp3) is 0.167. The lowest BCUT2D eigenvalue weighted by atomic mass is 10.1. The molecule has 0 aliphatic carbocycles. The van der Waals surface area contributed by atoms with E-state index >= 15 is 0 Å². The zero-order valence-corrected chi connectivity index (χ0v) is 17.3. The topological polar surface area (TPSA) is 67.9 Å². The van der Waals surface area contributed by atoms with Gasteiger partial charge in [0.2, 0.25) is 5.91 Å². The molecule has 0 atom stereocenters. The number of ether oxygens (including phenoxy) is 2. The van der Waals surface area contributed by atoms with E-state index in [0.717, 1.165) is 5.56 Å². The Bertz CT molecular complexity index is 1040. The van der Waals surface area contributed by atoms with Crippen LogP contribution in [0.1, 0.15) is 15.9 Å². The molecule has 7 heteroatoms. The number of para-hydroxylation sites is 1. The van der Waals surface area contributed by atoms with Crippen molar-refractivity contribution in [1.82, 2.24) is 5.32 Å². The lowest BCUT2D eigenvalue weighted by Crippen LogP contribution is -2.40. The average molecular weight is 422 g/mol. The molecule has 0 aromatic heterocycles. The Labute approximate surface area is 180 Å². The van der Waals surface area contributed by atoms with Crippen LogP contribution in [0.2, 0.25) is 0 Å². The van der Waals surface area contributed by atoms with E-state index in [9.17, 15) is 14.0 Å². The number of nitrogens with zero attached hydrogens (tertiary/aromatic N) is 1. The summed E-state index contributed by atoms with van der Waals surface area (Å²) in [4.78, 5) is 27.3. The molecule has 0 spiro atoms. The molecule has 160 valence electrons. The zero-order chi connectivity index (χ0) is 22.2. The highest BCUT2D eigenvalue weighted by Gasteiger charge is 2.22. The van der Waals surface area contributed by atoms with Gasteiger partial charge in [0.25, 0.3) is 5.91 Å². The number of hydrogen-bond acceptors (Lipinski definition) is 4. The molecule has 0 saturated heterocycles. The van der Waals surface area contributed by atoms with Gasteiger partial charge >= 0.3 is 0 Å². The maximum atomic E-state index is 13.3. The van der Waals surface area contributed by atoms with Crippen molar-refractivity contribution in [1.29, 1.82) is 0 Å². The van der Waals surface area contributed by atoms with E-state index in [2.05, 4.69) is 5.32 Å². The van der Waals surface area contributed by atoms with Crippen molar-refractivity contribution in [3.05, 3.63) is 89.7 Å². The fourth-order valence-electron chi connectivity index (χ4n) is 3.02. The van der Waals surface area contributed by atoms with Crippen molar-refractivity contribution in [3.8, 4) is 11.5 Å². The van der Waals surface area contributed by atoms with Crippen molar-refractivity contribution < 1.29 is 23.5 Å². The highest BCUT2D eigenvalue weighted by atomic mass is 19.1. The molecule has 0 heterocycles. The van der Waals surface area contributed by atoms with Crippen LogP contribution in [0, 0.1) is 5.82 Å². The lowest BCUT2D eigenvalue weighted by Gasteiger charge is -2.23. The van der Waals surface area contributed by atoms with Gasteiger partial charge in [0.15, 0.2) is 11.5 Å². The van der Waals surface area contributed by atoms with Gasteiger partial charge in [-0.2, -0.15) is 0 Å². The Kier molecular flexibility index (Phi) is 7.22. The van der Waals surface area contributed by atoms with E-state index < -0.39 is 0 Å². The summed E-state index contributed by atoms with van der Waals surface area (Å²) in [6.45, 7) is 0.0463. The van der Waals surface area contributed by atoms with Gasteiger partial charge in [0.05, 0.1) is 14.2 Å². The van der Waals surface area contributed by atoms with Crippen LogP contribution in [-0.2, 0) is 11.3 Å². The Balaban J connectivity index is 1.79. The third-order valence-electron chi connectivity index (χ3n) is 4.65. The number of amides is 2. The molecular weight excluding hydrogens is 399 g/mol. The molecule has 0 saturated carbocycles. The Morgan fingerprint density at radius 3 is 2.23 bits per heavy atom. The summed E-state index contributed by atoms with van der Waals surface area (Å²) in [6.07, 6.45) is 0. The van der Waals surface area contributed by atoms with Crippen molar-refractivity contribution in [2.75, 3.05) is 25.7 Å². The van der Waals surface area contributed by atoms with Crippen LogP contribution >= 0.6 is 0 Å². The smallest absolute Gasteiger partial charge is 0.258 e. The Hall–Kier alpha value is -3.87. The van der Waals surface area contributed by atoms with Crippen LogP contribution < -0.4 is 19.7 Å². The molecule has 3 aromatic carbocycles. The molecule has 2 amide bonds. The van der Waals surface area contributed by atoms with Crippen LogP contribution in [0.5, 0.6) is 11.5 Å². The van der Waals surface area contributed by atoms with Gasteiger partial charge in [-0.3, -0.25) is 14.5 Å². The van der Waals surface area contributed by atoms with Gasteiger partial charge in [-0.15, -0.1) is 0 Å². The third-order valence-corrected chi connectivity index (χ3v) is 4.65. The summed E-state index contributed by atoms with van der Waals surface area (Å²) in [6, 6.07) is 19.6. The zero-order valence-electron chi connectivity index (χ0n) is 17.3. The molecule has 0 aliphatic heterocycles. The number of carbonyl (C=O) groups is 2. The molecule has 0 unspecified atom stereocenters. The number of carbonyl (C=O) groups excluding carboxylic acids is 2. The quantitative estimate of drug-likeness (QED) is 0.600. The predicted molar refractivity (Wildman–Crippen MR) is 116 cm³/mol. The number of halogens is 1. The van der Waals surface area contributed by atoms with E-state index in [1.807, 2.05) is 6.07 Å². The summed E-state index contributed by atoms with van der Waals surface area (Å²) in [5.74, 6) is -0.124. The van der Waals surface area contributed by atoms with Crippen LogP contribution in [0.25, 0.3) is 0 Å². The SMILES string of the molecule is COc1ccc(C(=O)N(CC(=O)NCc2ccc(F)cc2)c2ccccc2)cc1OC. The molecule has 3 rings (SSSR count). The minimum atomic E-state index is -0.357. The van der Waals surface area contributed by atoms with Gasteiger partial charge in [-0.05, 0) is 48.0 Å². The van der Waals surface area contributed by atoms with E-state index in [1.54, 1.807) is 54.6 Å². The standard InChI is InChI=1S/C24H23FN2O4/c1-30-21-13-10-18(14-22(21)31-2)24(29)27(20-6-4-3-5-7-20)16-23(28)26-15-17-8-11-19(25)12-9-17/h3-14H,15-16H2,1-2H3,(H,26,28). The number of methoxy groups -OCH3 is 2. The molecule has 0 aliphatic rings. The van der Waals surface area contributed by atoms with E-state index in [-0.39, 0.29) is 30.7 Å². The summed E-state index contributed by atoms with van der Waals surface area (Å²) in [5.41, 5.74) is 1.69. The first kappa shape index (κ1) is 21.8. The van der Waals surface area contributed by atoms with Gasteiger partial charge < -0.3 is 14.8 Å².